The number of para-hydroxylation sites is 1. The zero-order valence-electron chi connectivity index (χ0n) is 20.0. The van der Waals surface area contributed by atoms with E-state index in [1.54, 1.807) is 0 Å². The Balaban J connectivity index is 1.53. The Morgan fingerprint density at radius 3 is 2.73 bits per heavy atom. The molecule has 0 unspecified atom stereocenters. The van der Waals surface area contributed by atoms with Crippen molar-refractivity contribution in [2.75, 3.05) is 26.2 Å². The summed E-state index contributed by atoms with van der Waals surface area (Å²) in [4.78, 5) is 19.3. The highest BCUT2D eigenvalue weighted by Crippen LogP contribution is 2.31. The molecule has 0 saturated heterocycles. The van der Waals surface area contributed by atoms with Crippen LogP contribution in [0.4, 0.5) is 0 Å². The molecule has 0 spiro atoms. The van der Waals surface area contributed by atoms with Crippen LogP contribution >= 0.6 is 0 Å². The van der Waals surface area contributed by atoms with Gasteiger partial charge < -0.3 is 9.72 Å². The molecule has 0 amide bonds. The predicted octanol–water partition coefficient (Wildman–Crippen LogP) is 6.86. The van der Waals surface area contributed by atoms with Gasteiger partial charge in [-0.2, -0.15) is 0 Å². The number of ether oxygens (including phenoxy) is 1. The van der Waals surface area contributed by atoms with Crippen LogP contribution in [0.5, 0.6) is 5.75 Å². The Morgan fingerprint density at radius 2 is 1.94 bits per heavy atom. The maximum Gasteiger partial charge on any atom is 0.196 e. The summed E-state index contributed by atoms with van der Waals surface area (Å²) < 4.78 is 5.83. The molecular formula is C29H36N2O2. The number of ketones is 1. The van der Waals surface area contributed by atoms with E-state index in [-0.39, 0.29) is 5.78 Å². The van der Waals surface area contributed by atoms with Gasteiger partial charge in [-0.3, -0.25) is 9.69 Å². The highest BCUT2D eigenvalue weighted by molar-refractivity contribution is 6.12. The van der Waals surface area contributed by atoms with Crippen LogP contribution in [0, 0.1) is 0 Å². The first-order valence-corrected chi connectivity index (χ1v) is 12.5. The van der Waals surface area contributed by atoms with Crippen molar-refractivity contribution in [3.8, 4) is 5.75 Å². The van der Waals surface area contributed by atoms with Gasteiger partial charge in [-0.25, -0.2) is 0 Å². The fourth-order valence-electron chi connectivity index (χ4n) is 4.60. The molecule has 0 fully saturated rings. The van der Waals surface area contributed by atoms with Gasteiger partial charge in [0.2, 0.25) is 0 Å². The zero-order valence-corrected chi connectivity index (χ0v) is 20.0. The van der Waals surface area contributed by atoms with E-state index >= 15 is 0 Å². The number of nitrogens with zero attached hydrogens (tertiary/aromatic N) is 1. The molecule has 0 bridgehead atoms. The minimum Gasteiger partial charge on any atom is -0.493 e. The Hall–Kier alpha value is -2.85. The minimum atomic E-state index is 0.00614. The molecule has 1 N–H and O–H groups in total. The number of rotatable bonds is 11. The molecular weight excluding hydrogens is 408 g/mol. The van der Waals surface area contributed by atoms with Crippen molar-refractivity contribution in [3.05, 3.63) is 71.4 Å². The highest BCUT2D eigenvalue weighted by Gasteiger charge is 2.18. The van der Waals surface area contributed by atoms with Gasteiger partial charge in [-0.05, 0) is 61.7 Å². The Morgan fingerprint density at radius 1 is 1.06 bits per heavy atom. The molecule has 1 aliphatic rings. The second-order valence-corrected chi connectivity index (χ2v) is 8.98. The Bertz CT molecular complexity index is 1110. The van der Waals surface area contributed by atoms with Crippen LogP contribution in [0.15, 0.2) is 54.7 Å². The molecule has 2 heterocycles. The maximum absolute atomic E-state index is 13.4. The third-order valence-corrected chi connectivity index (χ3v) is 6.50. The van der Waals surface area contributed by atoms with Gasteiger partial charge in [0.1, 0.15) is 5.75 Å². The number of carbonyl (C=O) groups is 1. The fraction of sp³-hybridized carbons (Fsp3) is 0.414. The first-order chi connectivity index (χ1) is 16.2. The summed E-state index contributed by atoms with van der Waals surface area (Å²) >= 11 is 0. The molecule has 4 heteroatoms. The average molecular weight is 445 g/mol. The number of carbonyl (C=O) groups excluding carboxylic acids is 1. The minimum absolute atomic E-state index is 0.00614. The smallest absolute Gasteiger partial charge is 0.196 e. The molecule has 4 rings (SSSR count). The van der Waals surface area contributed by atoms with Gasteiger partial charge in [-0.1, -0.05) is 51.3 Å². The van der Waals surface area contributed by atoms with Crippen LogP contribution < -0.4 is 4.74 Å². The lowest BCUT2D eigenvalue weighted by atomic mass is 9.96. The normalized spacial score (nSPS) is 14.4. The van der Waals surface area contributed by atoms with Gasteiger partial charge in [0, 0.05) is 41.3 Å². The summed E-state index contributed by atoms with van der Waals surface area (Å²) in [5.41, 5.74) is 4.99. The first-order valence-electron chi connectivity index (χ1n) is 12.5. The molecule has 0 aliphatic carbocycles. The van der Waals surface area contributed by atoms with Crippen LogP contribution in [0.25, 0.3) is 16.5 Å². The number of nitrogens with one attached hydrogen (secondary N) is 1. The molecule has 4 nitrogen and oxygen atoms in total. The molecule has 1 aromatic heterocycles. The second-order valence-electron chi connectivity index (χ2n) is 8.98. The van der Waals surface area contributed by atoms with Gasteiger partial charge >= 0.3 is 0 Å². The number of fused-ring (bicyclic) bond motifs is 1. The summed E-state index contributed by atoms with van der Waals surface area (Å²) in [6.45, 7) is 8.23. The molecule has 0 saturated carbocycles. The van der Waals surface area contributed by atoms with Crippen LogP contribution in [-0.2, 0) is 0 Å². The van der Waals surface area contributed by atoms with Crippen molar-refractivity contribution < 1.29 is 9.53 Å². The molecule has 0 radical (unpaired) electrons. The second kappa shape index (κ2) is 11.3. The van der Waals surface area contributed by atoms with E-state index in [2.05, 4.69) is 36.0 Å². The molecule has 2 aromatic carbocycles. The molecule has 174 valence electrons. The number of unbranched alkanes of at least 4 members (excludes halogenated alkanes) is 3. The first kappa shape index (κ1) is 23.3. The third-order valence-electron chi connectivity index (χ3n) is 6.50. The number of aromatic nitrogens is 1. The lowest BCUT2D eigenvalue weighted by Gasteiger charge is -2.26. The standard InChI is InChI=1S/C29H36N2O2/c1-3-5-6-9-16-31-17-14-22(15-18-31)26-21-30-27-13-12-23(20-25(26)27)29(32)24-10-7-8-11-28(24)33-19-4-2/h7-8,10-14,20-21,30H,3-6,9,15-19H2,1-2H3. The summed E-state index contributed by atoms with van der Waals surface area (Å²) in [5.74, 6) is 0.666. The lowest BCUT2D eigenvalue weighted by Crippen LogP contribution is -2.29. The van der Waals surface area contributed by atoms with Crippen LogP contribution in [-0.4, -0.2) is 41.9 Å². The number of hydrogen-bond donors (Lipinski definition) is 1. The van der Waals surface area contributed by atoms with Crippen molar-refractivity contribution in [2.24, 2.45) is 0 Å². The Labute approximate surface area is 197 Å². The highest BCUT2D eigenvalue weighted by atomic mass is 16.5. The summed E-state index contributed by atoms with van der Waals surface area (Å²) in [6, 6.07) is 13.5. The fourth-order valence-corrected chi connectivity index (χ4v) is 4.60. The summed E-state index contributed by atoms with van der Waals surface area (Å²) in [5, 5.41) is 1.12. The van der Waals surface area contributed by atoms with Gasteiger partial charge in [0.15, 0.2) is 5.78 Å². The summed E-state index contributed by atoms with van der Waals surface area (Å²) in [6.07, 6.45) is 11.7. The molecule has 3 aromatic rings. The van der Waals surface area contributed by atoms with E-state index in [9.17, 15) is 4.79 Å². The van der Waals surface area contributed by atoms with E-state index in [1.165, 1.54) is 43.4 Å². The van der Waals surface area contributed by atoms with E-state index in [4.69, 9.17) is 4.74 Å². The van der Waals surface area contributed by atoms with E-state index in [0.29, 0.717) is 23.5 Å². The topological polar surface area (TPSA) is 45.3 Å². The van der Waals surface area contributed by atoms with E-state index in [1.807, 2.05) is 42.5 Å². The van der Waals surface area contributed by atoms with Crippen molar-refractivity contribution in [1.82, 2.24) is 9.88 Å². The predicted molar refractivity (Wildman–Crippen MR) is 137 cm³/mol. The zero-order chi connectivity index (χ0) is 23.0. The monoisotopic (exact) mass is 444 g/mol. The van der Waals surface area contributed by atoms with Gasteiger partial charge in [-0.15, -0.1) is 0 Å². The maximum atomic E-state index is 13.4. The van der Waals surface area contributed by atoms with Crippen molar-refractivity contribution in [1.29, 1.82) is 0 Å². The molecule has 33 heavy (non-hydrogen) atoms. The largest absolute Gasteiger partial charge is 0.493 e. The van der Waals surface area contributed by atoms with Gasteiger partial charge in [0.05, 0.1) is 12.2 Å². The lowest BCUT2D eigenvalue weighted by molar-refractivity contribution is 0.103. The third kappa shape index (κ3) is 5.56. The van der Waals surface area contributed by atoms with Crippen molar-refractivity contribution in [3.63, 3.8) is 0 Å². The number of aromatic amines is 1. The van der Waals surface area contributed by atoms with Crippen LogP contribution in [0.3, 0.4) is 0 Å². The average Bonchev–Trinajstić information content (AvgIpc) is 3.29. The quantitative estimate of drug-likeness (QED) is 0.260. The van der Waals surface area contributed by atoms with Crippen LogP contribution in [0.2, 0.25) is 0 Å². The SMILES string of the molecule is CCCCCCN1CC=C(c2c[nH]c3ccc(C(=O)c4ccccc4OCCC)cc23)CC1. The number of hydrogen-bond acceptors (Lipinski definition) is 3. The van der Waals surface area contributed by atoms with Crippen LogP contribution in [0.1, 0.15) is 73.9 Å². The molecule has 1 aliphatic heterocycles. The van der Waals surface area contributed by atoms with E-state index < -0.39 is 0 Å². The Kier molecular flexibility index (Phi) is 8.01. The number of H-pyrrole nitrogens is 1. The number of benzene rings is 2. The van der Waals surface area contributed by atoms with Crippen molar-refractivity contribution >= 4 is 22.3 Å². The summed E-state index contributed by atoms with van der Waals surface area (Å²) in [7, 11) is 0. The van der Waals surface area contributed by atoms with Gasteiger partial charge in [0.25, 0.3) is 0 Å². The van der Waals surface area contributed by atoms with Crippen molar-refractivity contribution in [2.45, 2.75) is 52.4 Å². The molecule has 0 atom stereocenters. The van der Waals surface area contributed by atoms with E-state index in [0.717, 1.165) is 36.8 Å².